The Morgan fingerprint density at radius 2 is 2.24 bits per heavy atom. The van der Waals surface area contributed by atoms with Crippen LogP contribution in [0.15, 0.2) is 47.3 Å². The average molecular weight is 341 g/mol. The Bertz CT molecular complexity index is 643. The Hall–Kier alpha value is -1.69. The van der Waals surface area contributed by atoms with Crippen LogP contribution in [0.3, 0.4) is 0 Å². The molecule has 2 aromatic heterocycles. The van der Waals surface area contributed by atoms with Crippen molar-refractivity contribution >= 4 is 0 Å². The predicted molar refractivity (Wildman–Crippen MR) is 96.0 cm³/mol. The van der Waals surface area contributed by atoms with E-state index in [0.29, 0.717) is 5.92 Å². The summed E-state index contributed by atoms with van der Waals surface area (Å²) < 4.78 is 11.7. The maximum atomic E-state index is 6.30. The first kappa shape index (κ1) is 16.8. The molecule has 1 atom stereocenters. The highest BCUT2D eigenvalue weighted by atomic mass is 16.5. The third-order valence-corrected chi connectivity index (χ3v) is 5.36. The lowest BCUT2D eigenvalue weighted by Gasteiger charge is -2.53. The number of ether oxygens (including phenoxy) is 1. The molecule has 1 spiro atoms. The molecule has 0 radical (unpaired) electrons. The van der Waals surface area contributed by atoms with Crippen molar-refractivity contribution in [1.29, 1.82) is 0 Å². The summed E-state index contributed by atoms with van der Waals surface area (Å²) >= 11 is 0. The van der Waals surface area contributed by atoms with E-state index in [2.05, 4.69) is 27.9 Å². The first-order chi connectivity index (χ1) is 12.2. The van der Waals surface area contributed by atoms with E-state index in [0.717, 1.165) is 45.1 Å². The Morgan fingerprint density at radius 3 is 2.92 bits per heavy atom. The summed E-state index contributed by atoms with van der Waals surface area (Å²) in [6, 6.07) is 8.13. The number of aromatic nitrogens is 1. The minimum absolute atomic E-state index is 0.102. The molecule has 0 saturated carbocycles. The van der Waals surface area contributed by atoms with Gasteiger partial charge in [-0.05, 0) is 49.6 Å². The molecule has 0 aliphatic carbocycles. The lowest BCUT2D eigenvalue weighted by molar-refractivity contribution is -0.184. The molecule has 0 aromatic carbocycles. The Labute approximate surface area is 149 Å². The van der Waals surface area contributed by atoms with Crippen LogP contribution in [0.5, 0.6) is 0 Å². The Balaban J connectivity index is 1.19. The van der Waals surface area contributed by atoms with Gasteiger partial charge in [0.2, 0.25) is 0 Å². The fourth-order valence-electron chi connectivity index (χ4n) is 4.12. The highest BCUT2D eigenvalue weighted by Crippen LogP contribution is 2.36. The lowest BCUT2D eigenvalue weighted by atomic mass is 9.82. The predicted octanol–water partition coefficient (Wildman–Crippen LogP) is 2.79. The van der Waals surface area contributed by atoms with Crippen LogP contribution in [-0.4, -0.2) is 53.7 Å². The summed E-state index contributed by atoms with van der Waals surface area (Å²) in [5.74, 6) is 1.67. The quantitative estimate of drug-likeness (QED) is 0.808. The summed E-state index contributed by atoms with van der Waals surface area (Å²) in [4.78, 5) is 8.99. The number of nitrogens with zero attached hydrogens (tertiary/aromatic N) is 3. The van der Waals surface area contributed by atoms with Crippen LogP contribution in [0, 0.1) is 5.92 Å². The van der Waals surface area contributed by atoms with Crippen LogP contribution in [0.1, 0.15) is 24.2 Å². The van der Waals surface area contributed by atoms with Gasteiger partial charge in [0.1, 0.15) is 5.76 Å². The fourth-order valence-corrected chi connectivity index (χ4v) is 4.12. The van der Waals surface area contributed by atoms with Crippen LogP contribution in [0.25, 0.3) is 0 Å². The summed E-state index contributed by atoms with van der Waals surface area (Å²) in [6.07, 6.45) is 7.95. The normalized spacial score (nSPS) is 23.0. The highest BCUT2D eigenvalue weighted by molar-refractivity contribution is 5.08. The summed E-state index contributed by atoms with van der Waals surface area (Å²) in [5.41, 5.74) is 1.37. The summed E-state index contributed by atoms with van der Waals surface area (Å²) in [5, 5.41) is 0. The number of pyridine rings is 1. The van der Waals surface area contributed by atoms with E-state index in [-0.39, 0.29) is 5.60 Å². The van der Waals surface area contributed by atoms with E-state index in [1.807, 2.05) is 30.6 Å². The second-order valence-electron chi connectivity index (χ2n) is 7.68. The molecule has 2 aliphatic heterocycles. The second kappa shape index (κ2) is 7.28. The first-order valence-electron chi connectivity index (χ1n) is 9.17. The van der Waals surface area contributed by atoms with Gasteiger partial charge in [0.25, 0.3) is 0 Å². The highest BCUT2D eigenvalue weighted by Gasteiger charge is 2.46. The van der Waals surface area contributed by atoms with Gasteiger partial charge in [0.05, 0.1) is 25.0 Å². The zero-order valence-corrected chi connectivity index (χ0v) is 14.9. The van der Waals surface area contributed by atoms with Gasteiger partial charge < -0.3 is 14.1 Å². The molecule has 5 nitrogen and oxygen atoms in total. The molecule has 2 aliphatic rings. The average Bonchev–Trinajstić information content (AvgIpc) is 3.09. The molecule has 25 heavy (non-hydrogen) atoms. The van der Waals surface area contributed by atoms with Crippen LogP contribution in [0.4, 0.5) is 0 Å². The second-order valence-corrected chi connectivity index (χ2v) is 7.68. The Kier molecular flexibility index (Phi) is 4.88. The minimum atomic E-state index is 0.102. The van der Waals surface area contributed by atoms with Gasteiger partial charge in [-0.3, -0.25) is 9.88 Å². The summed E-state index contributed by atoms with van der Waals surface area (Å²) in [6.45, 7) is 5.88. The number of furan rings is 1. The van der Waals surface area contributed by atoms with Gasteiger partial charge >= 0.3 is 0 Å². The maximum Gasteiger partial charge on any atom is 0.117 e. The summed E-state index contributed by atoms with van der Waals surface area (Å²) in [7, 11) is 2.19. The number of likely N-dealkylation sites (tertiary alicyclic amines) is 1. The maximum absolute atomic E-state index is 6.30. The lowest BCUT2D eigenvalue weighted by Crippen LogP contribution is -2.64. The molecule has 2 fully saturated rings. The van der Waals surface area contributed by atoms with Gasteiger partial charge in [-0.2, -0.15) is 0 Å². The van der Waals surface area contributed by atoms with E-state index in [1.165, 1.54) is 18.4 Å². The molecule has 0 amide bonds. The molecule has 2 saturated heterocycles. The Morgan fingerprint density at radius 1 is 1.32 bits per heavy atom. The van der Waals surface area contributed by atoms with Crippen LogP contribution >= 0.6 is 0 Å². The first-order valence-corrected chi connectivity index (χ1v) is 9.17. The third-order valence-electron chi connectivity index (χ3n) is 5.36. The molecule has 5 heteroatoms. The molecule has 134 valence electrons. The monoisotopic (exact) mass is 341 g/mol. The van der Waals surface area contributed by atoms with Crippen molar-refractivity contribution in [2.75, 3.05) is 33.3 Å². The van der Waals surface area contributed by atoms with Crippen molar-refractivity contribution < 1.29 is 9.15 Å². The van der Waals surface area contributed by atoms with E-state index in [4.69, 9.17) is 9.15 Å². The standard InChI is InChI=1S/C20H27N3O2/c1-22(11-17-4-2-8-21-10-17)12-18-6-7-20(25-14-18)15-23(16-20)13-19-5-3-9-24-19/h2-5,8-10,18H,6-7,11-16H2,1H3. The molecule has 4 heterocycles. The topological polar surface area (TPSA) is 41.7 Å². The number of rotatable bonds is 6. The molecule has 1 unspecified atom stereocenters. The van der Waals surface area contributed by atoms with Crippen molar-refractivity contribution in [2.24, 2.45) is 5.92 Å². The molecular formula is C20H27N3O2. The van der Waals surface area contributed by atoms with E-state index >= 15 is 0 Å². The van der Waals surface area contributed by atoms with Gasteiger partial charge in [0, 0.05) is 38.6 Å². The molecular weight excluding hydrogens is 314 g/mol. The van der Waals surface area contributed by atoms with Crippen molar-refractivity contribution in [2.45, 2.75) is 31.5 Å². The van der Waals surface area contributed by atoms with Gasteiger partial charge in [-0.1, -0.05) is 6.07 Å². The van der Waals surface area contributed by atoms with E-state index < -0.39 is 0 Å². The van der Waals surface area contributed by atoms with E-state index in [1.54, 1.807) is 6.26 Å². The molecule has 4 rings (SSSR count). The van der Waals surface area contributed by atoms with Crippen LogP contribution in [0.2, 0.25) is 0 Å². The SMILES string of the molecule is CN(Cc1cccnc1)CC1CCC2(CN(Cc3ccco3)C2)OC1. The third kappa shape index (κ3) is 4.11. The van der Waals surface area contributed by atoms with Crippen molar-refractivity contribution in [1.82, 2.24) is 14.8 Å². The fraction of sp³-hybridized carbons (Fsp3) is 0.550. The van der Waals surface area contributed by atoms with Crippen molar-refractivity contribution in [3.05, 3.63) is 54.2 Å². The largest absolute Gasteiger partial charge is 0.468 e. The zero-order valence-electron chi connectivity index (χ0n) is 14.9. The van der Waals surface area contributed by atoms with Gasteiger partial charge in [-0.15, -0.1) is 0 Å². The minimum Gasteiger partial charge on any atom is -0.468 e. The van der Waals surface area contributed by atoms with E-state index in [9.17, 15) is 0 Å². The smallest absolute Gasteiger partial charge is 0.117 e. The zero-order chi connectivity index (χ0) is 17.1. The molecule has 0 bridgehead atoms. The van der Waals surface area contributed by atoms with Crippen LogP contribution < -0.4 is 0 Å². The van der Waals surface area contributed by atoms with Crippen molar-refractivity contribution in [3.63, 3.8) is 0 Å². The van der Waals surface area contributed by atoms with Crippen molar-refractivity contribution in [3.8, 4) is 0 Å². The van der Waals surface area contributed by atoms with Crippen LogP contribution in [-0.2, 0) is 17.8 Å². The molecule has 0 N–H and O–H groups in total. The van der Waals surface area contributed by atoms with Gasteiger partial charge in [-0.25, -0.2) is 0 Å². The van der Waals surface area contributed by atoms with Gasteiger partial charge in [0.15, 0.2) is 0 Å². The molecule has 2 aromatic rings. The number of hydrogen-bond acceptors (Lipinski definition) is 5. The number of hydrogen-bond donors (Lipinski definition) is 0.